The molecule has 0 spiro atoms. The van der Waals surface area contributed by atoms with Crippen molar-refractivity contribution in [3.63, 3.8) is 0 Å². The van der Waals surface area contributed by atoms with Gasteiger partial charge in [0.05, 0.1) is 25.5 Å². The molecule has 2 heterocycles. The lowest BCUT2D eigenvalue weighted by Crippen LogP contribution is -2.31. The topological polar surface area (TPSA) is 67.9 Å². The van der Waals surface area contributed by atoms with Gasteiger partial charge in [-0.15, -0.1) is 0 Å². The molecule has 2 aliphatic rings. The van der Waals surface area contributed by atoms with Crippen LogP contribution in [0.5, 0.6) is 5.75 Å². The van der Waals surface area contributed by atoms with Gasteiger partial charge in [-0.25, -0.2) is 0 Å². The van der Waals surface area contributed by atoms with Crippen molar-refractivity contribution in [1.82, 2.24) is 10.2 Å². The molecule has 4 rings (SSSR count). The first-order chi connectivity index (χ1) is 14.5. The Balaban J connectivity index is 1.33. The van der Waals surface area contributed by atoms with Gasteiger partial charge in [-0.05, 0) is 54.3 Å². The van der Waals surface area contributed by atoms with Crippen molar-refractivity contribution in [3.8, 4) is 16.9 Å². The van der Waals surface area contributed by atoms with Crippen LogP contribution in [-0.4, -0.2) is 50.1 Å². The molecule has 0 aromatic heterocycles. The molecule has 1 amide bonds. The first-order valence-corrected chi connectivity index (χ1v) is 10.4. The standard InChI is InChI=1S/C24H28N2O4/c1-26-10-9-18-11-17(3-4-19(18)14-26)16-5-7-22(8-6-16)30-15-21-12-20(24(28)25-21)13-23(27)29-2/h3-8,11,20-21H,9-10,12-15H2,1-2H3,(H,25,28)/t20-,21-/m0/s1. The summed E-state index contributed by atoms with van der Waals surface area (Å²) in [6, 6.07) is 14.7. The Bertz CT molecular complexity index is 925. The average molecular weight is 408 g/mol. The minimum Gasteiger partial charge on any atom is -0.491 e. The molecule has 2 atom stereocenters. The number of hydrogen-bond donors (Lipinski definition) is 1. The number of nitrogens with zero attached hydrogens (tertiary/aromatic N) is 1. The monoisotopic (exact) mass is 408 g/mol. The lowest BCUT2D eigenvalue weighted by atomic mass is 9.95. The van der Waals surface area contributed by atoms with Crippen LogP contribution in [0.2, 0.25) is 0 Å². The Labute approximate surface area is 177 Å². The predicted octanol–water partition coefficient (Wildman–Crippen LogP) is 2.79. The predicted molar refractivity (Wildman–Crippen MR) is 114 cm³/mol. The maximum atomic E-state index is 12.0. The number of carbonyl (C=O) groups is 2. The van der Waals surface area contributed by atoms with Crippen LogP contribution < -0.4 is 10.1 Å². The van der Waals surface area contributed by atoms with Crippen LogP contribution >= 0.6 is 0 Å². The zero-order chi connectivity index (χ0) is 21.1. The van der Waals surface area contributed by atoms with Gasteiger partial charge in [-0.3, -0.25) is 9.59 Å². The first kappa shape index (κ1) is 20.4. The Kier molecular flexibility index (Phi) is 6.04. The fourth-order valence-corrected chi connectivity index (χ4v) is 4.21. The van der Waals surface area contributed by atoms with Crippen molar-refractivity contribution >= 4 is 11.9 Å². The largest absolute Gasteiger partial charge is 0.491 e. The van der Waals surface area contributed by atoms with Crippen LogP contribution in [-0.2, 0) is 27.3 Å². The van der Waals surface area contributed by atoms with Crippen molar-refractivity contribution < 1.29 is 19.1 Å². The van der Waals surface area contributed by atoms with Gasteiger partial charge >= 0.3 is 5.97 Å². The summed E-state index contributed by atoms with van der Waals surface area (Å²) in [7, 11) is 3.49. The highest BCUT2D eigenvalue weighted by atomic mass is 16.5. The number of methoxy groups -OCH3 is 1. The smallest absolute Gasteiger partial charge is 0.306 e. The highest BCUT2D eigenvalue weighted by Gasteiger charge is 2.34. The number of rotatable bonds is 6. The fourth-order valence-electron chi connectivity index (χ4n) is 4.21. The molecular formula is C24H28N2O4. The summed E-state index contributed by atoms with van der Waals surface area (Å²) in [5.74, 6) is -0.0364. The second-order valence-electron chi connectivity index (χ2n) is 8.23. The maximum absolute atomic E-state index is 12.0. The van der Waals surface area contributed by atoms with Gasteiger partial charge in [0, 0.05) is 13.1 Å². The van der Waals surface area contributed by atoms with Crippen LogP contribution in [0.4, 0.5) is 0 Å². The van der Waals surface area contributed by atoms with Crippen molar-refractivity contribution in [3.05, 3.63) is 53.6 Å². The number of benzene rings is 2. The summed E-state index contributed by atoms with van der Waals surface area (Å²) in [4.78, 5) is 25.7. The molecule has 1 fully saturated rings. The van der Waals surface area contributed by atoms with E-state index in [9.17, 15) is 9.59 Å². The number of likely N-dealkylation sites (N-methyl/N-ethyl adjacent to an activating group) is 1. The second-order valence-corrected chi connectivity index (χ2v) is 8.23. The summed E-state index contributed by atoms with van der Waals surface area (Å²) in [5, 5.41) is 2.90. The summed E-state index contributed by atoms with van der Waals surface area (Å²) in [6.07, 6.45) is 1.78. The lowest BCUT2D eigenvalue weighted by Gasteiger charge is -2.25. The second kappa shape index (κ2) is 8.88. The molecule has 30 heavy (non-hydrogen) atoms. The summed E-state index contributed by atoms with van der Waals surface area (Å²) in [6.45, 7) is 2.50. The van der Waals surface area contributed by atoms with E-state index in [0.29, 0.717) is 13.0 Å². The van der Waals surface area contributed by atoms with Gasteiger partial charge < -0.3 is 19.7 Å². The van der Waals surface area contributed by atoms with E-state index in [1.54, 1.807) is 0 Å². The summed E-state index contributed by atoms with van der Waals surface area (Å²) < 4.78 is 10.5. The van der Waals surface area contributed by atoms with E-state index in [0.717, 1.165) is 30.8 Å². The number of carbonyl (C=O) groups excluding carboxylic acids is 2. The number of nitrogens with one attached hydrogen (secondary N) is 1. The molecular weight excluding hydrogens is 380 g/mol. The minimum absolute atomic E-state index is 0.0920. The van der Waals surface area contributed by atoms with Crippen LogP contribution in [0, 0.1) is 5.92 Å². The third-order valence-electron chi connectivity index (χ3n) is 5.98. The number of hydrogen-bond acceptors (Lipinski definition) is 5. The third kappa shape index (κ3) is 4.65. The molecule has 2 aromatic rings. The zero-order valence-electron chi connectivity index (χ0n) is 17.5. The van der Waals surface area contributed by atoms with Crippen LogP contribution in [0.1, 0.15) is 24.0 Å². The molecule has 6 nitrogen and oxygen atoms in total. The number of ether oxygens (including phenoxy) is 2. The number of esters is 1. The minimum atomic E-state index is -0.360. The third-order valence-corrected chi connectivity index (χ3v) is 5.98. The molecule has 0 saturated carbocycles. The van der Waals surface area contributed by atoms with Gasteiger partial charge in [0.2, 0.25) is 5.91 Å². The highest BCUT2D eigenvalue weighted by molar-refractivity contribution is 5.85. The molecule has 2 aromatic carbocycles. The molecule has 2 aliphatic heterocycles. The number of amides is 1. The van der Waals surface area contributed by atoms with E-state index in [4.69, 9.17) is 4.74 Å². The van der Waals surface area contributed by atoms with Gasteiger partial charge in [-0.2, -0.15) is 0 Å². The highest BCUT2D eigenvalue weighted by Crippen LogP contribution is 2.28. The molecule has 6 heteroatoms. The zero-order valence-corrected chi connectivity index (χ0v) is 17.5. The van der Waals surface area contributed by atoms with E-state index >= 15 is 0 Å². The van der Waals surface area contributed by atoms with Crippen LogP contribution in [0.15, 0.2) is 42.5 Å². The van der Waals surface area contributed by atoms with Gasteiger partial charge in [0.1, 0.15) is 12.4 Å². The lowest BCUT2D eigenvalue weighted by molar-refractivity contribution is -0.143. The Hall–Kier alpha value is -2.86. The molecule has 0 bridgehead atoms. The van der Waals surface area contributed by atoms with Crippen LogP contribution in [0.3, 0.4) is 0 Å². The Morgan fingerprint density at radius 1 is 1.13 bits per heavy atom. The van der Waals surface area contributed by atoms with Gasteiger partial charge in [0.15, 0.2) is 0 Å². The summed E-state index contributed by atoms with van der Waals surface area (Å²) in [5.41, 5.74) is 5.23. The molecule has 158 valence electrons. The normalized spacial score (nSPS) is 21.1. The van der Waals surface area contributed by atoms with E-state index in [1.807, 2.05) is 12.1 Å². The van der Waals surface area contributed by atoms with E-state index in [1.165, 1.54) is 23.8 Å². The molecule has 1 saturated heterocycles. The molecule has 0 aliphatic carbocycles. The van der Waals surface area contributed by atoms with E-state index in [2.05, 4.69) is 52.3 Å². The maximum Gasteiger partial charge on any atom is 0.306 e. The first-order valence-electron chi connectivity index (χ1n) is 10.4. The van der Waals surface area contributed by atoms with Crippen molar-refractivity contribution in [1.29, 1.82) is 0 Å². The van der Waals surface area contributed by atoms with Crippen molar-refractivity contribution in [2.24, 2.45) is 5.92 Å². The summed E-state index contributed by atoms with van der Waals surface area (Å²) >= 11 is 0. The number of fused-ring (bicyclic) bond motifs is 1. The Morgan fingerprint density at radius 2 is 1.90 bits per heavy atom. The molecule has 0 radical (unpaired) electrons. The van der Waals surface area contributed by atoms with Crippen LogP contribution in [0.25, 0.3) is 11.1 Å². The van der Waals surface area contributed by atoms with Gasteiger partial charge in [0.25, 0.3) is 0 Å². The SMILES string of the molecule is COC(=O)C[C@@H]1C[C@@H](COc2ccc(-c3ccc4c(c3)CCN(C)C4)cc2)NC1=O. The van der Waals surface area contributed by atoms with Crippen molar-refractivity contribution in [2.75, 3.05) is 27.3 Å². The average Bonchev–Trinajstić information content (AvgIpc) is 3.11. The molecule has 1 N–H and O–H groups in total. The Morgan fingerprint density at radius 3 is 2.67 bits per heavy atom. The quantitative estimate of drug-likeness (QED) is 0.745. The van der Waals surface area contributed by atoms with Gasteiger partial charge in [-0.1, -0.05) is 30.3 Å². The fraction of sp³-hybridized carbons (Fsp3) is 0.417. The van der Waals surface area contributed by atoms with Crippen molar-refractivity contribution in [2.45, 2.75) is 31.8 Å². The van der Waals surface area contributed by atoms with E-state index < -0.39 is 0 Å². The molecule has 0 unspecified atom stereocenters. The van der Waals surface area contributed by atoms with E-state index in [-0.39, 0.29) is 30.3 Å².